The molecule has 0 bridgehead atoms. The lowest BCUT2D eigenvalue weighted by atomic mass is 9.95. The Bertz CT molecular complexity index is 263. The fourth-order valence-electron chi connectivity index (χ4n) is 1.72. The molecular formula is C11H18O5. The molecule has 92 valence electrons. The first-order valence-electron chi connectivity index (χ1n) is 5.41. The molecule has 5 heteroatoms. The minimum Gasteiger partial charge on any atom is -0.463 e. The zero-order valence-electron chi connectivity index (χ0n) is 9.89. The molecule has 1 saturated heterocycles. The van der Waals surface area contributed by atoms with Gasteiger partial charge in [-0.25, -0.2) is 0 Å². The van der Waals surface area contributed by atoms with Gasteiger partial charge in [-0.05, 0) is 12.3 Å². The van der Waals surface area contributed by atoms with Crippen molar-refractivity contribution in [2.45, 2.75) is 39.4 Å². The van der Waals surface area contributed by atoms with Crippen LogP contribution in [0.2, 0.25) is 0 Å². The molecule has 0 radical (unpaired) electrons. The fraction of sp³-hybridized carbons (Fsp3) is 0.818. The molecule has 1 heterocycles. The zero-order chi connectivity index (χ0) is 12.1. The monoisotopic (exact) mass is 230 g/mol. The first kappa shape index (κ1) is 13.0. The van der Waals surface area contributed by atoms with Gasteiger partial charge in [0.2, 0.25) is 0 Å². The first-order valence-corrected chi connectivity index (χ1v) is 5.41. The Kier molecular flexibility index (Phi) is 4.73. The van der Waals surface area contributed by atoms with E-state index < -0.39 is 0 Å². The van der Waals surface area contributed by atoms with Crippen LogP contribution in [0, 0.1) is 5.92 Å². The number of esters is 2. The molecule has 5 nitrogen and oxygen atoms in total. The van der Waals surface area contributed by atoms with Gasteiger partial charge >= 0.3 is 11.9 Å². The van der Waals surface area contributed by atoms with Crippen LogP contribution >= 0.6 is 0 Å². The lowest BCUT2D eigenvalue weighted by molar-refractivity contribution is -0.168. The molecule has 0 aromatic rings. The molecule has 1 fully saturated rings. The summed E-state index contributed by atoms with van der Waals surface area (Å²) in [5, 5.41) is 0. The summed E-state index contributed by atoms with van der Waals surface area (Å²) in [6.45, 7) is 5.39. The number of ether oxygens (including phenoxy) is 3. The van der Waals surface area contributed by atoms with Crippen LogP contribution < -0.4 is 0 Å². The summed E-state index contributed by atoms with van der Waals surface area (Å²) in [6.07, 6.45) is 0.447. The van der Waals surface area contributed by atoms with E-state index in [1.807, 2.05) is 6.92 Å². The quantitative estimate of drug-likeness (QED) is 0.674. The molecular weight excluding hydrogens is 212 g/mol. The highest BCUT2D eigenvalue weighted by Gasteiger charge is 2.30. The zero-order valence-corrected chi connectivity index (χ0v) is 9.89. The Hall–Kier alpha value is -1.10. The molecule has 0 amide bonds. The molecule has 1 aliphatic rings. The van der Waals surface area contributed by atoms with Gasteiger partial charge in [0, 0.05) is 13.8 Å². The van der Waals surface area contributed by atoms with Gasteiger partial charge in [0.15, 0.2) is 0 Å². The van der Waals surface area contributed by atoms with Gasteiger partial charge in [-0.2, -0.15) is 0 Å². The van der Waals surface area contributed by atoms with Crippen LogP contribution in [0.25, 0.3) is 0 Å². The summed E-state index contributed by atoms with van der Waals surface area (Å²) >= 11 is 0. The molecule has 0 aliphatic carbocycles. The summed E-state index contributed by atoms with van der Waals surface area (Å²) in [7, 11) is 0. The van der Waals surface area contributed by atoms with Gasteiger partial charge < -0.3 is 14.2 Å². The minimum absolute atomic E-state index is 0.0919. The van der Waals surface area contributed by atoms with E-state index in [9.17, 15) is 9.59 Å². The summed E-state index contributed by atoms with van der Waals surface area (Å²) in [4.78, 5) is 21.4. The van der Waals surface area contributed by atoms with Crippen molar-refractivity contribution in [3.63, 3.8) is 0 Å². The topological polar surface area (TPSA) is 61.8 Å². The van der Waals surface area contributed by atoms with E-state index in [0.29, 0.717) is 6.61 Å². The predicted octanol–water partition coefficient (Wildman–Crippen LogP) is 0.906. The highest BCUT2D eigenvalue weighted by molar-refractivity contribution is 5.66. The van der Waals surface area contributed by atoms with Crippen LogP contribution in [0.4, 0.5) is 0 Å². The maximum atomic E-state index is 10.8. The van der Waals surface area contributed by atoms with Gasteiger partial charge in [-0.15, -0.1) is 0 Å². The number of hydrogen-bond donors (Lipinski definition) is 0. The third-order valence-electron chi connectivity index (χ3n) is 2.56. The second kappa shape index (κ2) is 5.84. The summed E-state index contributed by atoms with van der Waals surface area (Å²) < 4.78 is 15.4. The van der Waals surface area contributed by atoms with Gasteiger partial charge in [-0.1, -0.05) is 6.92 Å². The van der Waals surface area contributed by atoms with E-state index in [1.54, 1.807) is 0 Å². The molecule has 0 spiro atoms. The number of carbonyl (C=O) groups excluding carboxylic acids is 2. The number of rotatable bonds is 3. The maximum Gasteiger partial charge on any atom is 0.302 e. The smallest absolute Gasteiger partial charge is 0.302 e. The molecule has 16 heavy (non-hydrogen) atoms. The minimum atomic E-state index is -0.307. The second-order valence-corrected chi connectivity index (χ2v) is 4.12. The SMILES string of the molecule is CC(=O)OC[C@@H]1C[C@H](C)[C@H](OC(C)=O)CO1. The van der Waals surface area contributed by atoms with E-state index in [0.717, 1.165) is 6.42 Å². The number of carbonyl (C=O) groups is 2. The van der Waals surface area contributed by atoms with E-state index in [-0.39, 0.29) is 36.7 Å². The standard InChI is InChI=1S/C11H18O5/c1-7-4-10(5-14-8(2)12)15-6-11(7)16-9(3)13/h7,10-11H,4-6H2,1-3H3/t7-,10-,11+/m0/s1. The van der Waals surface area contributed by atoms with Crippen molar-refractivity contribution in [3.8, 4) is 0 Å². The highest BCUT2D eigenvalue weighted by atomic mass is 16.6. The van der Waals surface area contributed by atoms with E-state index in [2.05, 4.69) is 0 Å². The van der Waals surface area contributed by atoms with Gasteiger partial charge in [0.05, 0.1) is 12.7 Å². The van der Waals surface area contributed by atoms with Gasteiger partial charge in [-0.3, -0.25) is 9.59 Å². The van der Waals surface area contributed by atoms with Crippen molar-refractivity contribution in [2.75, 3.05) is 13.2 Å². The predicted molar refractivity (Wildman–Crippen MR) is 55.7 cm³/mol. The third kappa shape index (κ3) is 4.18. The molecule has 0 aromatic heterocycles. The fourth-order valence-corrected chi connectivity index (χ4v) is 1.72. The molecule has 1 aliphatic heterocycles. The van der Waals surface area contributed by atoms with E-state index >= 15 is 0 Å². The summed E-state index contributed by atoms with van der Waals surface area (Å²) in [6, 6.07) is 0. The first-order chi connectivity index (χ1) is 7.49. The largest absolute Gasteiger partial charge is 0.463 e. The van der Waals surface area contributed by atoms with Crippen LogP contribution in [0.3, 0.4) is 0 Å². The summed E-state index contributed by atoms with van der Waals surface area (Å²) in [5.41, 5.74) is 0. The number of hydrogen-bond acceptors (Lipinski definition) is 5. The van der Waals surface area contributed by atoms with E-state index in [4.69, 9.17) is 14.2 Å². The van der Waals surface area contributed by atoms with Crippen LogP contribution in [-0.4, -0.2) is 37.4 Å². The lowest BCUT2D eigenvalue weighted by Gasteiger charge is -2.33. The third-order valence-corrected chi connectivity index (χ3v) is 2.56. The molecule has 0 N–H and O–H groups in total. The van der Waals surface area contributed by atoms with Crippen molar-refractivity contribution in [3.05, 3.63) is 0 Å². The highest BCUT2D eigenvalue weighted by Crippen LogP contribution is 2.22. The maximum absolute atomic E-state index is 10.8. The molecule has 0 aromatic carbocycles. The summed E-state index contributed by atoms with van der Waals surface area (Å²) in [5.74, 6) is -0.379. The van der Waals surface area contributed by atoms with Crippen LogP contribution in [0.1, 0.15) is 27.2 Å². The Labute approximate surface area is 95.0 Å². The average molecular weight is 230 g/mol. The van der Waals surface area contributed by atoms with Crippen molar-refractivity contribution in [2.24, 2.45) is 5.92 Å². The van der Waals surface area contributed by atoms with Gasteiger partial charge in [0.25, 0.3) is 0 Å². The van der Waals surface area contributed by atoms with Crippen molar-refractivity contribution in [1.29, 1.82) is 0 Å². The second-order valence-electron chi connectivity index (χ2n) is 4.12. The van der Waals surface area contributed by atoms with E-state index in [1.165, 1.54) is 13.8 Å². The van der Waals surface area contributed by atoms with Crippen LogP contribution in [0.15, 0.2) is 0 Å². The van der Waals surface area contributed by atoms with Crippen molar-refractivity contribution >= 4 is 11.9 Å². The van der Waals surface area contributed by atoms with Gasteiger partial charge in [0.1, 0.15) is 12.7 Å². The van der Waals surface area contributed by atoms with Crippen molar-refractivity contribution < 1.29 is 23.8 Å². The van der Waals surface area contributed by atoms with Crippen LogP contribution in [-0.2, 0) is 23.8 Å². The Morgan fingerprint density at radius 3 is 2.50 bits per heavy atom. The van der Waals surface area contributed by atoms with Crippen LogP contribution in [0.5, 0.6) is 0 Å². The molecule has 0 saturated carbocycles. The molecule has 0 unspecified atom stereocenters. The normalized spacial score (nSPS) is 29.6. The lowest BCUT2D eigenvalue weighted by Crippen LogP contribution is -2.40. The molecule has 1 rings (SSSR count). The Balaban J connectivity index is 2.33. The average Bonchev–Trinajstić information content (AvgIpc) is 2.18. The Morgan fingerprint density at radius 1 is 1.31 bits per heavy atom. The Morgan fingerprint density at radius 2 is 2.00 bits per heavy atom. The van der Waals surface area contributed by atoms with Crippen molar-refractivity contribution in [1.82, 2.24) is 0 Å². The molecule has 3 atom stereocenters.